The molecule has 39 heavy (non-hydrogen) atoms. The Morgan fingerprint density at radius 2 is 1.46 bits per heavy atom. The number of benzene rings is 1. The molecule has 0 amide bonds. The van der Waals surface area contributed by atoms with Crippen molar-refractivity contribution in [3.8, 4) is 11.5 Å². The van der Waals surface area contributed by atoms with Crippen LogP contribution in [0, 0.1) is 0 Å². The quantitative estimate of drug-likeness (QED) is 0.210. The number of unbranched alkanes of at least 4 members (excludes halogenated alkanes) is 1. The lowest BCUT2D eigenvalue weighted by Crippen LogP contribution is -2.43. The molecule has 11 heteroatoms. The molecule has 0 radical (unpaired) electrons. The van der Waals surface area contributed by atoms with Gasteiger partial charge in [0.2, 0.25) is 0 Å². The largest absolute Gasteiger partial charge is 0.514 e. The van der Waals surface area contributed by atoms with Gasteiger partial charge in [-0.1, -0.05) is 19.4 Å². The van der Waals surface area contributed by atoms with Crippen molar-refractivity contribution in [2.45, 2.75) is 104 Å². The first kappa shape index (κ1) is 33.7. The minimum absolute atomic E-state index is 0.0750. The van der Waals surface area contributed by atoms with Gasteiger partial charge in [0.1, 0.15) is 23.3 Å². The van der Waals surface area contributed by atoms with Crippen molar-refractivity contribution < 1.29 is 47.6 Å². The topological polar surface area (TPSA) is 136 Å². The average Bonchev–Trinajstić information content (AvgIpc) is 2.78. The molecule has 2 atom stereocenters. The second-order valence-electron chi connectivity index (χ2n) is 11.0. The number of carbonyl (C=O) groups excluding carboxylic acids is 4. The Balaban J connectivity index is 3.10. The van der Waals surface area contributed by atoms with Crippen molar-refractivity contribution in [2.24, 2.45) is 0 Å². The molecule has 0 aliphatic carbocycles. The van der Waals surface area contributed by atoms with Crippen LogP contribution in [0.25, 0.3) is 0 Å². The summed E-state index contributed by atoms with van der Waals surface area (Å²) in [6, 6.07) is 3.67. The zero-order chi connectivity index (χ0) is 29.8. The van der Waals surface area contributed by atoms with Crippen molar-refractivity contribution in [3.63, 3.8) is 0 Å². The number of hydrogen-bond acceptors (Lipinski definition) is 11. The zero-order valence-electron chi connectivity index (χ0n) is 24.5. The lowest BCUT2D eigenvalue weighted by molar-refractivity contribution is -0.148. The van der Waals surface area contributed by atoms with Gasteiger partial charge < -0.3 is 33.7 Å². The Bertz CT molecular complexity index is 978. The highest BCUT2D eigenvalue weighted by molar-refractivity contribution is 5.76. The Labute approximate surface area is 230 Å². The third kappa shape index (κ3) is 14.4. The lowest BCUT2D eigenvalue weighted by atomic mass is 10.0. The van der Waals surface area contributed by atoms with E-state index in [2.05, 4.69) is 5.32 Å². The monoisotopic (exact) mass is 553 g/mol. The van der Waals surface area contributed by atoms with E-state index in [4.69, 9.17) is 28.4 Å². The number of hydrogen-bond donors (Lipinski definition) is 1. The standard InChI is InChI=1S/C28H43NO10/c1-10-11-12-23(30)35-18(2)17-29-20(24(31)34-9)15-19-13-14-21(36-25(32)38-27(3,4)5)22(16-19)37-26(33)39-28(6,7)8/h13-14,16,18,20,29H,10-12,15,17H2,1-9H3/t18?,20-/m0/s1. The highest BCUT2D eigenvalue weighted by Crippen LogP contribution is 2.31. The van der Waals surface area contributed by atoms with E-state index in [9.17, 15) is 19.2 Å². The third-order valence-corrected chi connectivity index (χ3v) is 4.82. The summed E-state index contributed by atoms with van der Waals surface area (Å²) in [6.07, 6.45) is -0.383. The molecular weight excluding hydrogens is 510 g/mol. The summed E-state index contributed by atoms with van der Waals surface area (Å²) < 4.78 is 31.3. The summed E-state index contributed by atoms with van der Waals surface area (Å²) in [6.45, 7) is 14.0. The molecule has 1 rings (SSSR count). The molecule has 0 aliphatic rings. The second kappa shape index (κ2) is 15.3. The lowest BCUT2D eigenvalue weighted by Gasteiger charge is -2.22. The van der Waals surface area contributed by atoms with Gasteiger partial charge >= 0.3 is 24.2 Å². The fraction of sp³-hybridized carbons (Fsp3) is 0.643. The predicted molar refractivity (Wildman–Crippen MR) is 143 cm³/mol. The van der Waals surface area contributed by atoms with E-state index in [1.165, 1.54) is 19.2 Å². The number of nitrogens with one attached hydrogen (secondary N) is 1. The Hall–Kier alpha value is -3.34. The molecule has 0 heterocycles. The molecule has 0 saturated carbocycles. The molecule has 220 valence electrons. The average molecular weight is 554 g/mol. The third-order valence-electron chi connectivity index (χ3n) is 4.82. The summed E-state index contributed by atoms with van der Waals surface area (Å²) in [5, 5.41) is 3.05. The highest BCUT2D eigenvalue weighted by Gasteiger charge is 2.25. The van der Waals surface area contributed by atoms with Gasteiger partial charge in [-0.25, -0.2) is 9.59 Å². The van der Waals surface area contributed by atoms with Crippen LogP contribution < -0.4 is 14.8 Å². The van der Waals surface area contributed by atoms with E-state index >= 15 is 0 Å². The Morgan fingerprint density at radius 1 is 0.897 bits per heavy atom. The summed E-state index contributed by atoms with van der Waals surface area (Å²) in [5.74, 6) is -1.02. The first-order valence-corrected chi connectivity index (χ1v) is 13.0. The van der Waals surface area contributed by atoms with Gasteiger partial charge in [0.05, 0.1) is 7.11 Å². The van der Waals surface area contributed by atoms with E-state index < -0.39 is 41.6 Å². The molecule has 1 N–H and O–H groups in total. The Kier molecular flexibility index (Phi) is 13.2. The van der Waals surface area contributed by atoms with E-state index in [-0.39, 0.29) is 30.4 Å². The van der Waals surface area contributed by atoms with Gasteiger partial charge in [0.15, 0.2) is 11.5 Å². The van der Waals surface area contributed by atoms with Crippen LogP contribution in [0.2, 0.25) is 0 Å². The van der Waals surface area contributed by atoms with Crippen molar-refractivity contribution in [1.82, 2.24) is 5.32 Å². The van der Waals surface area contributed by atoms with E-state index in [1.807, 2.05) is 6.92 Å². The number of ether oxygens (including phenoxy) is 6. The number of carbonyl (C=O) groups is 4. The molecule has 1 aromatic carbocycles. The number of rotatable bonds is 12. The van der Waals surface area contributed by atoms with E-state index in [0.29, 0.717) is 12.0 Å². The van der Waals surface area contributed by atoms with Crippen LogP contribution in [0.15, 0.2) is 18.2 Å². The molecule has 1 unspecified atom stereocenters. The van der Waals surface area contributed by atoms with Gasteiger partial charge in [-0.3, -0.25) is 9.59 Å². The molecule has 0 saturated heterocycles. The predicted octanol–water partition coefficient (Wildman–Crippen LogP) is 5.11. The van der Waals surface area contributed by atoms with Gasteiger partial charge in [-0.15, -0.1) is 0 Å². The van der Waals surface area contributed by atoms with Crippen molar-refractivity contribution >= 4 is 24.2 Å². The molecule has 11 nitrogen and oxygen atoms in total. The van der Waals surface area contributed by atoms with Gasteiger partial charge in [-0.2, -0.15) is 0 Å². The van der Waals surface area contributed by atoms with Gasteiger partial charge in [0.25, 0.3) is 0 Å². The van der Waals surface area contributed by atoms with Crippen LogP contribution in [0.1, 0.15) is 80.2 Å². The molecule has 0 aromatic heterocycles. The highest BCUT2D eigenvalue weighted by atomic mass is 16.8. The van der Waals surface area contributed by atoms with E-state index in [0.717, 1.165) is 12.8 Å². The zero-order valence-corrected chi connectivity index (χ0v) is 24.5. The van der Waals surface area contributed by atoms with Crippen molar-refractivity contribution in [3.05, 3.63) is 23.8 Å². The van der Waals surface area contributed by atoms with Crippen LogP contribution in [0.5, 0.6) is 11.5 Å². The van der Waals surface area contributed by atoms with Crippen molar-refractivity contribution in [2.75, 3.05) is 13.7 Å². The van der Waals surface area contributed by atoms with Crippen LogP contribution in [-0.4, -0.2) is 61.3 Å². The first-order chi connectivity index (χ1) is 18.0. The molecular formula is C28H43NO10. The van der Waals surface area contributed by atoms with Crippen LogP contribution in [0.4, 0.5) is 9.59 Å². The fourth-order valence-electron chi connectivity index (χ4n) is 3.14. The van der Waals surface area contributed by atoms with Crippen LogP contribution in [-0.2, 0) is 35.0 Å². The first-order valence-electron chi connectivity index (χ1n) is 13.0. The second-order valence-corrected chi connectivity index (χ2v) is 11.0. The van der Waals surface area contributed by atoms with Gasteiger partial charge in [-0.05, 0) is 79.0 Å². The van der Waals surface area contributed by atoms with Gasteiger partial charge in [0, 0.05) is 13.0 Å². The van der Waals surface area contributed by atoms with Crippen LogP contribution in [0.3, 0.4) is 0 Å². The summed E-state index contributed by atoms with van der Waals surface area (Å²) in [7, 11) is 1.26. The molecule has 0 aliphatic heterocycles. The summed E-state index contributed by atoms with van der Waals surface area (Å²) in [5.41, 5.74) is -1.07. The normalized spacial score (nSPS) is 13.1. The maximum Gasteiger partial charge on any atom is 0.514 e. The molecule has 1 aromatic rings. The minimum Gasteiger partial charge on any atom is -0.468 e. The summed E-state index contributed by atoms with van der Waals surface area (Å²) >= 11 is 0. The van der Waals surface area contributed by atoms with Crippen molar-refractivity contribution in [1.29, 1.82) is 0 Å². The SMILES string of the molecule is CCCCC(=O)OC(C)CN[C@@H](Cc1ccc(OC(=O)OC(C)(C)C)c(OC(=O)OC(C)(C)C)c1)C(=O)OC. The summed E-state index contributed by atoms with van der Waals surface area (Å²) in [4.78, 5) is 49.0. The maximum atomic E-state index is 12.5. The number of methoxy groups -OCH3 is 1. The van der Waals surface area contributed by atoms with Crippen LogP contribution >= 0.6 is 0 Å². The molecule has 0 spiro atoms. The maximum absolute atomic E-state index is 12.5. The number of esters is 2. The fourth-order valence-corrected chi connectivity index (χ4v) is 3.14. The molecule has 0 bridgehead atoms. The molecule has 0 fully saturated rings. The minimum atomic E-state index is -1.00. The van der Waals surface area contributed by atoms with E-state index in [1.54, 1.807) is 54.5 Å². The smallest absolute Gasteiger partial charge is 0.468 e. The Morgan fingerprint density at radius 3 is 1.97 bits per heavy atom.